The second-order valence-corrected chi connectivity index (χ2v) is 8.30. The number of aryl methyl sites for hydroxylation is 1. The molecule has 3 heterocycles. The fraction of sp³-hybridized carbons (Fsp3) is 0.217. The lowest BCUT2D eigenvalue weighted by Crippen LogP contribution is -1.97. The monoisotopic (exact) mass is 384 g/mol. The number of anilines is 2. The number of rotatable bonds is 3. The van der Waals surface area contributed by atoms with Gasteiger partial charge in [-0.3, -0.25) is 0 Å². The molecule has 4 aromatic rings. The molecule has 3 aromatic heterocycles. The first-order valence-electron chi connectivity index (χ1n) is 9.60. The Bertz CT molecular complexity index is 1270. The summed E-state index contributed by atoms with van der Waals surface area (Å²) < 4.78 is 0. The molecular weight excluding hydrogens is 364 g/mol. The van der Waals surface area contributed by atoms with Gasteiger partial charge in [0.1, 0.15) is 10.9 Å². The molecule has 0 atom stereocenters. The molecule has 1 aliphatic carbocycles. The highest BCUT2D eigenvalue weighted by Crippen LogP contribution is 2.39. The van der Waals surface area contributed by atoms with Gasteiger partial charge in [-0.25, -0.2) is 4.98 Å². The molecule has 1 aliphatic rings. The summed E-state index contributed by atoms with van der Waals surface area (Å²) in [5.41, 5.74) is 6.14. The van der Waals surface area contributed by atoms with Crippen molar-refractivity contribution in [2.75, 3.05) is 5.32 Å². The Morgan fingerprint density at radius 1 is 1.21 bits per heavy atom. The lowest BCUT2D eigenvalue weighted by molar-refractivity contribution is 0.743. The van der Waals surface area contributed by atoms with Crippen LogP contribution in [0.3, 0.4) is 0 Å². The zero-order chi connectivity index (χ0) is 19.1. The molecule has 0 unspecified atom stereocenters. The summed E-state index contributed by atoms with van der Waals surface area (Å²) in [4.78, 5) is 10.1. The first-order valence-corrected chi connectivity index (χ1v) is 10.4. The number of allylic oxidation sites excluding steroid dienone is 2. The Balaban J connectivity index is 1.64. The first kappa shape index (κ1) is 17.0. The highest BCUT2D eigenvalue weighted by molar-refractivity contribution is 7.19. The highest BCUT2D eigenvalue weighted by Gasteiger charge is 2.16. The Morgan fingerprint density at radius 2 is 2.14 bits per heavy atom. The van der Waals surface area contributed by atoms with Crippen molar-refractivity contribution < 1.29 is 0 Å². The average molecular weight is 385 g/mol. The van der Waals surface area contributed by atoms with Crippen molar-refractivity contribution in [3.05, 3.63) is 58.7 Å². The van der Waals surface area contributed by atoms with Gasteiger partial charge >= 0.3 is 0 Å². The zero-order valence-electron chi connectivity index (χ0n) is 15.7. The van der Waals surface area contributed by atoms with Gasteiger partial charge in [0.05, 0.1) is 11.3 Å². The van der Waals surface area contributed by atoms with Gasteiger partial charge in [0, 0.05) is 39.2 Å². The molecule has 0 saturated carbocycles. The van der Waals surface area contributed by atoms with E-state index in [0.717, 1.165) is 45.5 Å². The predicted octanol–water partition coefficient (Wildman–Crippen LogP) is 6.66. The molecule has 0 bridgehead atoms. The summed E-state index contributed by atoms with van der Waals surface area (Å²) in [6.07, 6.45) is 10.8. The average Bonchev–Trinajstić information content (AvgIpc) is 3.38. The van der Waals surface area contributed by atoms with Crippen LogP contribution in [0.2, 0.25) is 0 Å². The van der Waals surface area contributed by atoms with E-state index in [2.05, 4.69) is 58.6 Å². The van der Waals surface area contributed by atoms with E-state index in [4.69, 9.17) is 0 Å². The lowest BCUT2D eigenvalue weighted by Gasteiger charge is -2.13. The summed E-state index contributed by atoms with van der Waals surface area (Å²) in [5.74, 6) is 0. The minimum Gasteiger partial charge on any atom is -0.361 e. The summed E-state index contributed by atoms with van der Waals surface area (Å²) in [5, 5.41) is 15.4. The molecule has 0 fully saturated rings. The summed E-state index contributed by atoms with van der Waals surface area (Å²) >= 11 is 1.72. The molecule has 0 radical (unpaired) electrons. The number of thiophene rings is 1. The van der Waals surface area contributed by atoms with Gasteiger partial charge in [-0.05, 0) is 68.0 Å². The van der Waals surface area contributed by atoms with E-state index in [-0.39, 0.29) is 0 Å². The molecule has 0 amide bonds. The second-order valence-electron chi connectivity index (χ2n) is 7.27. The van der Waals surface area contributed by atoms with Gasteiger partial charge in [-0.15, -0.1) is 11.3 Å². The van der Waals surface area contributed by atoms with E-state index in [9.17, 15) is 5.26 Å². The van der Waals surface area contributed by atoms with Crippen LogP contribution in [0, 0.1) is 18.3 Å². The number of aromatic amines is 1. The van der Waals surface area contributed by atoms with Crippen molar-refractivity contribution in [1.29, 1.82) is 5.26 Å². The second kappa shape index (κ2) is 6.81. The van der Waals surface area contributed by atoms with Gasteiger partial charge in [-0.2, -0.15) is 5.26 Å². The van der Waals surface area contributed by atoms with Crippen molar-refractivity contribution >= 4 is 49.4 Å². The van der Waals surface area contributed by atoms with E-state index in [1.54, 1.807) is 17.5 Å². The Labute approximate surface area is 167 Å². The lowest BCUT2D eigenvalue weighted by atomic mass is 9.98. The Kier molecular flexibility index (Phi) is 4.14. The number of nitriles is 1. The van der Waals surface area contributed by atoms with Crippen LogP contribution in [0.15, 0.2) is 42.7 Å². The predicted molar refractivity (Wildman–Crippen MR) is 117 cm³/mol. The molecule has 0 spiro atoms. The van der Waals surface area contributed by atoms with Gasteiger partial charge in [0.15, 0.2) is 0 Å². The zero-order valence-corrected chi connectivity index (χ0v) is 16.5. The molecule has 5 heteroatoms. The number of fused-ring (bicyclic) bond motifs is 2. The van der Waals surface area contributed by atoms with E-state index in [1.807, 2.05) is 6.20 Å². The van der Waals surface area contributed by atoms with Crippen molar-refractivity contribution in [2.24, 2.45) is 0 Å². The molecule has 4 nitrogen and oxygen atoms in total. The molecular formula is C23H20N4S. The van der Waals surface area contributed by atoms with Crippen molar-refractivity contribution in [3.8, 4) is 6.07 Å². The molecule has 5 rings (SSSR count). The third-order valence-electron chi connectivity index (χ3n) is 5.55. The Morgan fingerprint density at radius 3 is 2.96 bits per heavy atom. The molecule has 28 heavy (non-hydrogen) atoms. The molecule has 1 aromatic carbocycles. The largest absolute Gasteiger partial charge is 0.361 e. The third-order valence-corrected chi connectivity index (χ3v) is 6.67. The van der Waals surface area contributed by atoms with Crippen LogP contribution in [0.4, 0.5) is 11.4 Å². The van der Waals surface area contributed by atoms with Gasteiger partial charge in [-0.1, -0.05) is 6.08 Å². The smallest absolute Gasteiger partial charge is 0.125 e. The SMILES string of the molecule is Cc1c(Nc2c(C#N)cnc3sc(C4=CCCCC4)cc23)ccc2[nH]ccc12. The number of hydrogen-bond acceptors (Lipinski definition) is 4. The fourth-order valence-corrected chi connectivity index (χ4v) is 5.06. The van der Waals surface area contributed by atoms with Gasteiger partial charge in [0.25, 0.3) is 0 Å². The fourth-order valence-electron chi connectivity index (χ4n) is 3.98. The van der Waals surface area contributed by atoms with Crippen LogP contribution in [-0.4, -0.2) is 9.97 Å². The van der Waals surface area contributed by atoms with Crippen LogP contribution < -0.4 is 5.32 Å². The van der Waals surface area contributed by atoms with E-state index >= 15 is 0 Å². The maximum atomic E-state index is 9.68. The number of H-pyrrole nitrogens is 1. The van der Waals surface area contributed by atoms with E-state index in [1.165, 1.54) is 28.7 Å². The number of benzene rings is 1. The van der Waals surface area contributed by atoms with Crippen LogP contribution in [-0.2, 0) is 0 Å². The third kappa shape index (κ3) is 2.78. The summed E-state index contributed by atoms with van der Waals surface area (Å²) in [6, 6.07) is 10.7. The van der Waals surface area contributed by atoms with Gasteiger partial charge in [0.2, 0.25) is 0 Å². The summed E-state index contributed by atoms with van der Waals surface area (Å²) in [7, 11) is 0. The normalized spacial score (nSPS) is 14.2. The van der Waals surface area contributed by atoms with Crippen LogP contribution in [0.5, 0.6) is 0 Å². The van der Waals surface area contributed by atoms with Crippen molar-refractivity contribution in [3.63, 3.8) is 0 Å². The number of nitrogens with zero attached hydrogens (tertiary/aromatic N) is 2. The highest BCUT2D eigenvalue weighted by atomic mass is 32.1. The van der Waals surface area contributed by atoms with Crippen molar-refractivity contribution in [1.82, 2.24) is 9.97 Å². The number of nitrogens with one attached hydrogen (secondary N) is 2. The molecule has 0 aliphatic heterocycles. The standard InChI is InChI=1S/C23H20N4S/c1-14-17-9-10-25-20(17)8-7-19(14)27-22-16(12-24)13-26-23-18(22)11-21(28-23)15-5-3-2-4-6-15/h5,7-11,13,25H,2-4,6H2,1H3,(H,26,27). The minimum atomic E-state index is 0.572. The van der Waals surface area contributed by atoms with Crippen LogP contribution in [0.25, 0.3) is 26.7 Å². The van der Waals surface area contributed by atoms with E-state index < -0.39 is 0 Å². The number of pyridine rings is 1. The first-order chi connectivity index (χ1) is 13.7. The van der Waals surface area contributed by atoms with Crippen molar-refractivity contribution in [2.45, 2.75) is 32.6 Å². The van der Waals surface area contributed by atoms with Crippen LogP contribution >= 0.6 is 11.3 Å². The number of aromatic nitrogens is 2. The maximum Gasteiger partial charge on any atom is 0.125 e. The minimum absolute atomic E-state index is 0.572. The molecule has 0 saturated heterocycles. The topological polar surface area (TPSA) is 64.5 Å². The Hall–Kier alpha value is -3.10. The van der Waals surface area contributed by atoms with Gasteiger partial charge < -0.3 is 10.3 Å². The quantitative estimate of drug-likeness (QED) is 0.415. The molecule has 2 N–H and O–H groups in total. The van der Waals surface area contributed by atoms with Crippen LogP contribution in [0.1, 0.15) is 41.7 Å². The maximum absolute atomic E-state index is 9.68. The van der Waals surface area contributed by atoms with E-state index in [0.29, 0.717) is 5.56 Å². The molecule has 138 valence electrons. The number of hydrogen-bond donors (Lipinski definition) is 2. The summed E-state index contributed by atoms with van der Waals surface area (Å²) in [6.45, 7) is 2.11.